The molecule has 0 radical (unpaired) electrons. The van der Waals surface area contributed by atoms with Crippen LogP contribution in [0.5, 0.6) is 5.19 Å². The average Bonchev–Trinajstić information content (AvgIpc) is 3.06. The molecule has 6 nitrogen and oxygen atoms in total. The third-order valence-corrected chi connectivity index (χ3v) is 5.27. The molecule has 0 N–H and O–H groups in total. The number of thiazole rings is 1. The van der Waals surface area contributed by atoms with Gasteiger partial charge in [-0.3, -0.25) is 0 Å². The van der Waals surface area contributed by atoms with E-state index >= 15 is 0 Å². The van der Waals surface area contributed by atoms with Crippen molar-refractivity contribution in [1.82, 2.24) is 19.9 Å². The first-order valence-corrected chi connectivity index (χ1v) is 9.57. The number of fused-ring (bicyclic) bond motifs is 1. The number of hydrogen-bond acceptors (Lipinski definition) is 7. The van der Waals surface area contributed by atoms with Crippen molar-refractivity contribution >= 4 is 27.6 Å². The van der Waals surface area contributed by atoms with Crippen LogP contribution in [0.4, 0.5) is 5.95 Å². The molecule has 0 bridgehead atoms. The zero-order valence-electron chi connectivity index (χ0n) is 14.3. The number of ether oxygens (including phenoxy) is 1. The van der Waals surface area contributed by atoms with Crippen LogP contribution in [0.3, 0.4) is 0 Å². The molecule has 1 saturated heterocycles. The smallest absolute Gasteiger partial charge is 0.276 e. The third kappa shape index (κ3) is 3.71. The lowest BCUT2D eigenvalue weighted by Gasteiger charge is -2.31. The number of aryl methyl sites for hydroxylation is 1. The molecule has 3 aromatic heterocycles. The molecular formula is C18H21N5OS. The van der Waals surface area contributed by atoms with Crippen molar-refractivity contribution in [3.63, 3.8) is 0 Å². The van der Waals surface area contributed by atoms with E-state index in [1.165, 1.54) is 5.56 Å². The lowest BCUT2D eigenvalue weighted by Crippen LogP contribution is -2.39. The predicted octanol–water partition coefficient (Wildman–Crippen LogP) is 3.48. The van der Waals surface area contributed by atoms with Crippen molar-refractivity contribution in [3.8, 4) is 5.19 Å². The van der Waals surface area contributed by atoms with Gasteiger partial charge in [-0.1, -0.05) is 24.7 Å². The molecule has 1 aliphatic rings. The van der Waals surface area contributed by atoms with E-state index in [2.05, 4.69) is 31.8 Å². The zero-order valence-corrected chi connectivity index (χ0v) is 15.1. The molecule has 7 heteroatoms. The van der Waals surface area contributed by atoms with Gasteiger partial charge in [0.25, 0.3) is 5.19 Å². The second-order valence-electron chi connectivity index (χ2n) is 6.25. The van der Waals surface area contributed by atoms with E-state index < -0.39 is 0 Å². The number of rotatable bonds is 5. The first-order chi connectivity index (χ1) is 12.3. The highest BCUT2D eigenvalue weighted by Gasteiger charge is 2.23. The fourth-order valence-corrected chi connectivity index (χ4v) is 3.89. The number of pyridine rings is 1. The van der Waals surface area contributed by atoms with Crippen LogP contribution in [0.1, 0.15) is 31.7 Å². The summed E-state index contributed by atoms with van der Waals surface area (Å²) in [5.74, 6) is 0.822. The summed E-state index contributed by atoms with van der Waals surface area (Å²) < 4.78 is 7.14. The second kappa shape index (κ2) is 7.31. The molecule has 0 amide bonds. The minimum atomic E-state index is 0.191. The maximum absolute atomic E-state index is 6.08. The normalized spacial score (nSPS) is 15.6. The first-order valence-electron chi connectivity index (χ1n) is 8.76. The van der Waals surface area contributed by atoms with Gasteiger partial charge in [0, 0.05) is 44.5 Å². The Hall–Kier alpha value is -2.28. The van der Waals surface area contributed by atoms with Crippen LogP contribution in [0.2, 0.25) is 0 Å². The van der Waals surface area contributed by atoms with Gasteiger partial charge in [0.05, 0.1) is 4.70 Å². The van der Waals surface area contributed by atoms with Gasteiger partial charge in [-0.15, -0.1) is 0 Å². The maximum Gasteiger partial charge on any atom is 0.276 e. The lowest BCUT2D eigenvalue weighted by atomic mass is 10.1. The monoisotopic (exact) mass is 355 g/mol. The number of hydrogen-bond donors (Lipinski definition) is 0. The molecule has 0 spiro atoms. The fourth-order valence-electron chi connectivity index (χ4n) is 3.04. The SMILES string of the molecule is CCCc1cnc(N2CCC(Oc3nc4ncccc4s3)CC2)nc1. The van der Waals surface area contributed by atoms with Gasteiger partial charge in [-0.05, 0) is 24.1 Å². The van der Waals surface area contributed by atoms with Crippen molar-refractivity contribution in [2.24, 2.45) is 0 Å². The van der Waals surface area contributed by atoms with Gasteiger partial charge >= 0.3 is 0 Å². The van der Waals surface area contributed by atoms with Gasteiger partial charge in [0.15, 0.2) is 5.65 Å². The summed E-state index contributed by atoms with van der Waals surface area (Å²) in [7, 11) is 0. The van der Waals surface area contributed by atoms with E-state index in [1.807, 2.05) is 24.5 Å². The topological polar surface area (TPSA) is 64.0 Å². The zero-order chi connectivity index (χ0) is 17.1. The molecule has 0 saturated carbocycles. The molecule has 4 rings (SSSR count). The molecule has 0 atom stereocenters. The Morgan fingerprint density at radius 2 is 2.00 bits per heavy atom. The van der Waals surface area contributed by atoms with E-state index in [4.69, 9.17) is 4.74 Å². The average molecular weight is 355 g/mol. The molecule has 1 fully saturated rings. The molecule has 130 valence electrons. The fraction of sp³-hybridized carbons (Fsp3) is 0.444. The van der Waals surface area contributed by atoms with Crippen LogP contribution in [0.15, 0.2) is 30.7 Å². The van der Waals surface area contributed by atoms with Crippen LogP contribution >= 0.6 is 11.3 Å². The van der Waals surface area contributed by atoms with Gasteiger partial charge in [-0.25, -0.2) is 15.0 Å². The molecule has 25 heavy (non-hydrogen) atoms. The predicted molar refractivity (Wildman–Crippen MR) is 99.3 cm³/mol. The van der Waals surface area contributed by atoms with Crippen molar-refractivity contribution in [3.05, 3.63) is 36.3 Å². The van der Waals surface area contributed by atoms with E-state index in [9.17, 15) is 0 Å². The third-order valence-electron chi connectivity index (χ3n) is 4.37. The first kappa shape index (κ1) is 16.2. The number of anilines is 1. The Balaban J connectivity index is 1.34. The Kier molecular flexibility index (Phi) is 4.74. The van der Waals surface area contributed by atoms with Crippen molar-refractivity contribution in [2.75, 3.05) is 18.0 Å². The summed E-state index contributed by atoms with van der Waals surface area (Å²) in [6, 6.07) is 3.95. The van der Waals surface area contributed by atoms with E-state index in [0.717, 1.165) is 55.1 Å². The Morgan fingerprint density at radius 1 is 1.20 bits per heavy atom. The molecule has 1 aliphatic heterocycles. The summed E-state index contributed by atoms with van der Waals surface area (Å²) in [6.45, 7) is 3.97. The Labute approximate surface area is 150 Å². The Morgan fingerprint density at radius 3 is 2.72 bits per heavy atom. The summed E-state index contributed by atoms with van der Waals surface area (Å²) in [5.41, 5.74) is 1.97. The van der Waals surface area contributed by atoms with E-state index in [0.29, 0.717) is 5.19 Å². The van der Waals surface area contributed by atoms with Gasteiger partial charge in [0.2, 0.25) is 5.95 Å². The van der Waals surface area contributed by atoms with E-state index in [-0.39, 0.29) is 6.10 Å². The van der Waals surface area contributed by atoms with Crippen LogP contribution in [0.25, 0.3) is 10.3 Å². The molecule has 3 aromatic rings. The molecule has 0 aromatic carbocycles. The maximum atomic E-state index is 6.08. The molecular weight excluding hydrogens is 334 g/mol. The van der Waals surface area contributed by atoms with Crippen molar-refractivity contribution in [1.29, 1.82) is 0 Å². The standard InChI is InChI=1S/C18H21N5OS/c1-2-4-13-11-20-17(21-12-13)23-9-6-14(7-10-23)24-18-22-16-15(25-18)5-3-8-19-16/h3,5,8,11-12,14H,2,4,6-7,9-10H2,1H3. The highest BCUT2D eigenvalue weighted by atomic mass is 32.1. The number of piperidine rings is 1. The van der Waals surface area contributed by atoms with Crippen molar-refractivity contribution in [2.45, 2.75) is 38.7 Å². The van der Waals surface area contributed by atoms with Gasteiger partial charge in [0.1, 0.15) is 6.10 Å². The number of nitrogens with zero attached hydrogens (tertiary/aromatic N) is 5. The van der Waals surface area contributed by atoms with Crippen LogP contribution in [-0.4, -0.2) is 39.1 Å². The quantitative estimate of drug-likeness (QED) is 0.698. The van der Waals surface area contributed by atoms with Gasteiger partial charge in [-0.2, -0.15) is 4.98 Å². The van der Waals surface area contributed by atoms with Crippen LogP contribution in [0, 0.1) is 0 Å². The molecule has 0 unspecified atom stereocenters. The largest absolute Gasteiger partial charge is 0.467 e. The number of aromatic nitrogens is 4. The van der Waals surface area contributed by atoms with Gasteiger partial charge < -0.3 is 9.64 Å². The summed E-state index contributed by atoms with van der Waals surface area (Å²) in [5, 5.41) is 0.715. The van der Waals surface area contributed by atoms with E-state index in [1.54, 1.807) is 17.5 Å². The minimum Gasteiger partial charge on any atom is -0.467 e. The summed E-state index contributed by atoms with van der Waals surface area (Å²) in [6.07, 6.45) is 9.89. The van der Waals surface area contributed by atoms with Crippen molar-refractivity contribution < 1.29 is 4.74 Å². The van der Waals surface area contributed by atoms with Crippen LogP contribution < -0.4 is 9.64 Å². The summed E-state index contributed by atoms with van der Waals surface area (Å²) in [4.78, 5) is 20.0. The second-order valence-corrected chi connectivity index (χ2v) is 7.24. The summed E-state index contributed by atoms with van der Waals surface area (Å²) >= 11 is 1.56. The molecule has 0 aliphatic carbocycles. The highest BCUT2D eigenvalue weighted by molar-refractivity contribution is 7.20. The minimum absolute atomic E-state index is 0.191. The van der Waals surface area contributed by atoms with Crippen LogP contribution in [-0.2, 0) is 6.42 Å². The highest BCUT2D eigenvalue weighted by Crippen LogP contribution is 2.28. The molecule has 4 heterocycles. The Bertz CT molecular complexity index is 794. The lowest BCUT2D eigenvalue weighted by molar-refractivity contribution is 0.170.